The topological polar surface area (TPSA) is 9.23 Å². The van der Waals surface area contributed by atoms with Crippen molar-refractivity contribution in [2.45, 2.75) is 78.1 Å². The van der Waals surface area contributed by atoms with Crippen molar-refractivity contribution >= 4 is 0 Å². The number of benzene rings is 1. The van der Waals surface area contributed by atoms with E-state index in [0.717, 1.165) is 24.2 Å². The molecule has 0 aliphatic heterocycles. The smallest absolute Gasteiger partial charge is 0.119 e. The molecule has 0 saturated heterocycles. The van der Waals surface area contributed by atoms with Crippen LogP contribution >= 0.6 is 0 Å². The van der Waals surface area contributed by atoms with Gasteiger partial charge in [-0.2, -0.15) is 0 Å². The lowest BCUT2D eigenvalue weighted by molar-refractivity contribution is 0.228. The summed E-state index contributed by atoms with van der Waals surface area (Å²) in [5, 5.41) is 0. The summed E-state index contributed by atoms with van der Waals surface area (Å²) in [6, 6.07) is 8.40. The molecular weight excluding hydrogens is 268 g/mol. The normalized spacial score (nSPS) is 21.7. The Bertz CT molecular complexity index is 387. The van der Waals surface area contributed by atoms with Crippen LogP contribution in [0.25, 0.3) is 0 Å². The Balaban J connectivity index is 1.52. The molecule has 124 valence electrons. The molecule has 22 heavy (non-hydrogen) atoms. The number of ether oxygens (including phenoxy) is 1. The largest absolute Gasteiger partial charge is 0.494 e. The third-order valence-electron chi connectivity index (χ3n) is 5.23. The Labute approximate surface area is 137 Å². The fraction of sp³-hybridized carbons (Fsp3) is 0.714. The third kappa shape index (κ3) is 6.42. The highest BCUT2D eigenvalue weighted by molar-refractivity contribution is 5.26. The second kappa shape index (κ2) is 9.92. The summed E-state index contributed by atoms with van der Waals surface area (Å²) in [5.41, 5.74) is 1.29. The zero-order chi connectivity index (χ0) is 15.6. The van der Waals surface area contributed by atoms with Crippen LogP contribution in [0.15, 0.2) is 24.3 Å². The van der Waals surface area contributed by atoms with Gasteiger partial charge in [-0.1, -0.05) is 76.0 Å². The molecule has 1 heteroatoms. The minimum absolute atomic E-state index is 0.874. The van der Waals surface area contributed by atoms with E-state index < -0.39 is 0 Å². The Morgan fingerprint density at radius 2 is 1.45 bits per heavy atom. The van der Waals surface area contributed by atoms with E-state index in [1.807, 2.05) is 0 Å². The van der Waals surface area contributed by atoms with E-state index in [1.165, 1.54) is 69.8 Å². The van der Waals surface area contributed by atoms with Gasteiger partial charge < -0.3 is 4.74 Å². The van der Waals surface area contributed by atoms with Crippen LogP contribution in [0.5, 0.6) is 5.75 Å². The van der Waals surface area contributed by atoms with Crippen molar-refractivity contribution in [2.75, 3.05) is 6.61 Å². The highest BCUT2D eigenvalue weighted by Crippen LogP contribution is 2.34. The molecule has 0 radical (unpaired) electrons. The molecule has 0 unspecified atom stereocenters. The van der Waals surface area contributed by atoms with E-state index in [4.69, 9.17) is 4.74 Å². The van der Waals surface area contributed by atoms with Gasteiger partial charge in [-0.25, -0.2) is 0 Å². The minimum atomic E-state index is 0.874. The fourth-order valence-corrected chi connectivity index (χ4v) is 3.69. The molecule has 1 aromatic rings. The van der Waals surface area contributed by atoms with E-state index in [1.54, 1.807) is 0 Å². The zero-order valence-corrected chi connectivity index (χ0v) is 14.7. The van der Waals surface area contributed by atoms with E-state index >= 15 is 0 Å². The number of aryl methyl sites for hydroxylation is 1. The van der Waals surface area contributed by atoms with Gasteiger partial charge in [0.2, 0.25) is 0 Å². The van der Waals surface area contributed by atoms with Crippen molar-refractivity contribution in [1.29, 1.82) is 0 Å². The van der Waals surface area contributed by atoms with E-state index in [9.17, 15) is 0 Å². The number of unbranched alkanes of at least 4 members (excludes halogenated alkanes) is 2. The van der Waals surface area contributed by atoms with Gasteiger partial charge in [0, 0.05) is 0 Å². The van der Waals surface area contributed by atoms with E-state index in [0.29, 0.717) is 0 Å². The molecule has 0 amide bonds. The Hall–Kier alpha value is -0.980. The summed E-state index contributed by atoms with van der Waals surface area (Å²) >= 11 is 0. The van der Waals surface area contributed by atoms with Gasteiger partial charge in [-0.05, 0) is 43.7 Å². The predicted molar refractivity (Wildman–Crippen MR) is 95.5 cm³/mol. The maximum absolute atomic E-state index is 5.84. The first-order valence-corrected chi connectivity index (χ1v) is 9.47. The maximum Gasteiger partial charge on any atom is 0.119 e. The van der Waals surface area contributed by atoms with Crippen molar-refractivity contribution in [3.8, 4) is 5.75 Å². The molecule has 0 aromatic heterocycles. The summed E-state index contributed by atoms with van der Waals surface area (Å²) in [5.74, 6) is 3.01. The van der Waals surface area contributed by atoms with Crippen LogP contribution in [0.1, 0.15) is 76.7 Å². The summed E-state index contributed by atoms with van der Waals surface area (Å²) in [6.07, 6.45) is 14.2. The lowest BCUT2D eigenvalue weighted by Crippen LogP contribution is -2.15. The van der Waals surface area contributed by atoms with E-state index in [2.05, 4.69) is 38.1 Å². The van der Waals surface area contributed by atoms with Crippen molar-refractivity contribution in [3.63, 3.8) is 0 Å². The van der Waals surface area contributed by atoms with Gasteiger partial charge in [0.05, 0.1) is 6.61 Å². The quantitative estimate of drug-likeness (QED) is 0.470. The van der Waals surface area contributed by atoms with Gasteiger partial charge in [0.25, 0.3) is 0 Å². The minimum Gasteiger partial charge on any atom is -0.494 e. The Morgan fingerprint density at radius 3 is 2.05 bits per heavy atom. The average molecular weight is 303 g/mol. The Morgan fingerprint density at radius 1 is 0.864 bits per heavy atom. The second-order valence-electron chi connectivity index (χ2n) is 7.19. The van der Waals surface area contributed by atoms with Crippen LogP contribution in [-0.2, 0) is 0 Å². The molecule has 0 spiro atoms. The zero-order valence-electron chi connectivity index (χ0n) is 14.7. The molecule has 1 aromatic carbocycles. The van der Waals surface area contributed by atoms with Crippen molar-refractivity contribution in [1.82, 2.24) is 0 Å². The molecule has 1 saturated carbocycles. The number of rotatable bonds is 9. The lowest BCUT2D eigenvalue weighted by atomic mass is 9.78. The van der Waals surface area contributed by atoms with Crippen LogP contribution in [0.3, 0.4) is 0 Å². The molecule has 0 heterocycles. The first-order valence-electron chi connectivity index (χ1n) is 9.47. The van der Waals surface area contributed by atoms with Crippen molar-refractivity contribution < 1.29 is 4.74 Å². The molecule has 1 aliphatic carbocycles. The molecule has 1 fully saturated rings. The van der Waals surface area contributed by atoms with E-state index in [-0.39, 0.29) is 0 Å². The van der Waals surface area contributed by atoms with Crippen LogP contribution in [0.2, 0.25) is 0 Å². The van der Waals surface area contributed by atoms with Gasteiger partial charge in [0.15, 0.2) is 0 Å². The van der Waals surface area contributed by atoms with Crippen molar-refractivity contribution in [2.24, 2.45) is 11.8 Å². The monoisotopic (exact) mass is 302 g/mol. The lowest BCUT2D eigenvalue weighted by Gasteiger charge is -2.28. The first kappa shape index (κ1) is 17.4. The summed E-state index contributed by atoms with van der Waals surface area (Å²) in [4.78, 5) is 0. The second-order valence-corrected chi connectivity index (χ2v) is 7.19. The van der Waals surface area contributed by atoms with Gasteiger partial charge in [0.1, 0.15) is 5.75 Å². The Kier molecular flexibility index (Phi) is 7.83. The predicted octanol–water partition coefficient (Wildman–Crippen LogP) is 6.54. The number of hydrogen-bond donors (Lipinski definition) is 0. The van der Waals surface area contributed by atoms with Crippen LogP contribution in [0.4, 0.5) is 0 Å². The van der Waals surface area contributed by atoms with Gasteiger partial charge >= 0.3 is 0 Å². The van der Waals surface area contributed by atoms with Crippen LogP contribution < -0.4 is 4.74 Å². The molecule has 0 bridgehead atoms. The van der Waals surface area contributed by atoms with Crippen LogP contribution in [-0.4, -0.2) is 6.61 Å². The standard InChI is InChI=1S/C21H34O/c1-3-4-5-7-19-11-13-20(14-12-19)8-6-17-22-21-15-9-18(2)10-16-21/h9-10,15-16,19-20H,3-8,11-14,17H2,1-2H3. The van der Waals surface area contributed by atoms with Gasteiger partial charge in [-0.3, -0.25) is 0 Å². The highest BCUT2D eigenvalue weighted by atomic mass is 16.5. The fourth-order valence-electron chi connectivity index (χ4n) is 3.69. The highest BCUT2D eigenvalue weighted by Gasteiger charge is 2.20. The SMILES string of the molecule is CCCCCC1CCC(CCCOc2ccc(C)cc2)CC1. The summed E-state index contributed by atoms with van der Waals surface area (Å²) < 4.78 is 5.84. The van der Waals surface area contributed by atoms with Crippen LogP contribution in [0, 0.1) is 18.8 Å². The van der Waals surface area contributed by atoms with Crippen molar-refractivity contribution in [3.05, 3.63) is 29.8 Å². The molecule has 2 rings (SSSR count). The molecule has 0 N–H and O–H groups in total. The van der Waals surface area contributed by atoms with Gasteiger partial charge in [-0.15, -0.1) is 0 Å². The number of hydrogen-bond acceptors (Lipinski definition) is 1. The first-order chi connectivity index (χ1) is 10.8. The molecule has 1 nitrogen and oxygen atoms in total. The molecular formula is C21H34O. The molecule has 1 aliphatic rings. The molecule has 0 atom stereocenters. The summed E-state index contributed by atoms with van der Waals surface area (Å²) in [7, 11) is 0. The maximum atomic E-state index is 5.84. The summed E-state index contributed by atoms with van der Waals surface area (Å²) in [6.45, 7) is 5.29. The third-order valence-corrected chi connectivity index (χ3v) is 5.23. The average Bonchev–Trinajstić information content (AvgIpc) is 2.55.